The largest absolute Gasteiger partial charge is 0.317 e. The smallest absolute Gasteiger partial charge is 0.00368 e. The minimum Gasteiger partial charge on any atom is -0.317 e. The first-order chi connectivity index (χ1) is 13.1. The topological polar surface area (TPSA) is 48.1 Å². The van der Waals surface area contributed by atoms with Crippen molar-refractivity contribution in [1.82, 2.24) is 21.3 Å². The zero-order valence-corrected chi connectivity index (χ0v) is 19.2. The highest BCUT2D eigenvalue weighted by atomic mass is 14.9. The summed E-state index contributed by atoms with van der Waals surface area (Å²) < 4.78 is 0. The Labute approximate surface area is 171 Å². The highest BCUT2D eigenvalue weighted by Gasteiger charge is 1.95. The van der Waals surface area contributed by atoms with Gasteiger partial charge < -0.3 is 21.3 Å². The summed E-state index contributed by atoms with van der Waals surface area (Å²) >= 11 is 0. The lowest BCUT2D eigenvalue weighted by Gasteiger charge is -2.08. The van der Waals surface area contributed by atoms with Crippen LogP contribution in [-0.2, 0) is 0 Å². The molecule has 164 valence electrons. The lowest BCUT2D eigenvalue weighted by atomic mass is 10.1. The lowest BCUT2D eigenvalue weighted by Crippen LogP contribution is -2.24. The molecule has 0 aliphatic carbocycles. The molecule has 0 bridgehead atoms. The van der Waals surface area contributed by atoms with Crippen LogP contribution in [0.4, 0.5) is 0 Å². The van der Waals surface area contributed by atoms with Gasteiger partial charge in [0, 0.05) is 0 Å². The van der Waals surface area contributed by atoms with Gasteiger partial charge >= 0.3 is 0 Å². The van der Waals surface area contributed by atoms with Gasteiger partial charge in [0.05, 0.1) is 0 Å². The van der Waals surface area contributed by atoms with Gasteiger partial charge in [0.25, 0.3) is 0 Å². The van der Waals surface area contributed by atoms with Crippen LogP contribution in [0.5, 0.6) is 0 Å². The Hall–Kier alpha value is -0.160. The van der Waals surface area contributed by atoms with E-state index in [0.717, 1.165) is 38.0 Å². The van der Waals surface area contributed by atoms with E-state index < -0.39 is 0 Å². The Morgan fingerprint density at radius 3 is 1.04 bits per heavy atom. The zero-order valence-electron chi connectivity index (χ0n) is 19.2. The Bertz CT molecular complexity index is 243. The Morgan fingerprint density at radius 2 is 0.667 bits per heavy atom. The monoisotopic (exact) mass is 384 g/mol. The summed E-state index contributed by atoms with van der Waals surface area (Å²) in [5.41, 5.74) is 0. The fourth-order valence-electron chi connectivity index (χ4n) is 2.99. The van der Waals surface area contributed by atoms with Crippen molar-refractivity contribution in [2.75, 3.05) is 52.4 Å². The van der Waals surface area contributed by atoms with Crippen molar-refractivity contribution in [2.45, 2.75) is 85.5 Å². The average Bonchev–Trinajstić information content (AvgIpc) is 2.62. The summed E-state index contributed by atoms with van der Waals surface area (Å²) in [6, 6.07) is 0. The molecule has 0 aliphatic rings. The van der Waals surface area contributed by atoms with Gasteiger partial charge in [0.1, 0.15) is 0 Å². The average molecular weight is 385 g/mol. The third-order valence-electron chi connectivity index (χ3n) is 4.92. The molecule has 0 aliphatic heterocycles. The van der Waals surface area contributed by atoms with Gasteiger partial charge in [-0.2, -0.15) is 0 Å². The molecule has 0 rings (SSSR count). The third kappa shape index (κ3) is 25.8. The molecule has 0 aromatic rings. The normalized spacial score (nSPS) is 11.8. The number of hydrogen-bond donors (Lipinski definition) is 4. The van der Waals surface area contributed by atoms with Crippen LogP contribution >= 0.6 is 0 Å². The van der Waals surface area contributed by atoms with Crippen LogP contribution in [0, 0.1) is 11.8 Å². The molecule has 0 spiro atoms. The van der Waals surface area contributed by atoms with Crippen molar-refractivity contribution in [2.24, 2.45) is 11.8 Å². The molecule has 0 fully saturated rings. The summed E-state index contributed by atoms with van der Waals surface area (Å²) in [5, 5.41) is 14.2. The van der Waals surface area contributed by atoms with E-state index in [2.05, 4.69) is 49.0 Å². The van der Waals surface area contributed by atoms with Crippen LogP contribution in [0.15, 0.2) is 0 Å². The third-order valence-corrected chi connectivity index (χ3v) is 4.92. The molecule has 0 radical (unpaired) electrons. The second-order valence-corrected chi connectivity index (χ2v) is 8.84. The molecular weight excluding hydrogens is 332 g/mol. The molecule has 0 saturated heterocycles. The van der Waals surface area contributed by atoms with Gasteiger partial charge in [0.15, 0.2) is 0 Å². The van der Waals surface area contributed by atoms with Gasteiger partial charge in [-0.25, -0.2) is 0 Å². The fraction of sp³-hybridized carbons (Fsp3) is 1.00. The predicted molar refractivity (Wildman–Crippen MR) is 123 cm³/mol. The first-order valence-electron chi connectivity index (χ1n) is 12.0. The molecular formula is C23H52N4. The van der Waals surface area contributed by atoms with Crippen LogP contribution in [0.3, 0.4) is 0 Å². The van der Waals surface area contributed by atoms with Crippen molar-refractivity contribution in [3.63, 3.8) is 0 Å². The highest BCUT2D eigenvalue weighted by Crippen LogP contribution is 2.01. The van der Waals surface area contributed by atoms with Crippen molar-refractivity contribution in [3.8, 4) is 0 Å². The second-order valence-electron chi connectivity index (χ2n) is 8.84. The van der Waals surface area contributed by atoms with Crippen LogP contribution < -0.4 is 21.3 Å². The molecule has 0 saturated carbocycles. The SMILES string of the molecule is CC(C)CCNCCCNCCCCCCCNCCCNCCC(C)C. The fourth-order valence-corrected chi connectivity index (χ4v) is 2.99. The van der Waals surface area contributed by atoms with E-state index >= 15 is 0 Å². The summed E-state index contributed by atoms with van der Waals surface area (Å²) in [6.45, 7) is 18.5. The van der Waals surface area contributed by atoms with E-state index in [4.69, 9.17) is 0 Å². The van der Waals surface area contributed by atoms with Crippen LogP contribution in [-0.4, -0.2) is 52.4 Å². The standard InChI is InChI=1S/C23H52N4/c1-22(2)12-20-26-18-10-16-24-14-8-6-5-7-9-15-25-17-11-19-27-21-13-23(3)4/h22-27H,5-21H2,1-4H3. The molecule has 0 atom stereocenters. The zero-order chi connectivity index (χ0) is 20.0. The van der Waals surface area contributed by atoms with E-state index in [9.17, 15) is 0 Å². The molecule has 4 nitrogen and oxygen atoms in total. The minimum atomic E-state index is 0.813. The molecule has 4 N–H and O–H groups in total. The minimum absolute atomic E-state index is 0.813. The molecule has 0 amide bonds. The Balaban J connectivity index is 2.99. The van der Waals surface area contributed by atoms with Gasteiger partial charge in [-0.15, -0.1) is 0 Å². The maximum atomic E-state index is 3.57. The van der Waals surface area contributed by atoms with Gasteiger partial charge in [-0.1, -0.05) is 47.0 Å². The molecule has 0 aromatic carbocycles. The maximum absolute atomic E-state index is 3.57. The quantitative estimate of drug-likeness (QED) is 0.212. The number of rotatable bonds is 22. The van der Waals surface area contributed by atoms with Crippen molar-refractivity contribution in [1.29, 1.82) is 0 Å². The van der Waals surface area contributed by atoms with Crippen molar-refractivity contribution >= 4 is 0 Å². The summed E-state index contributed by atoms with van der Waals surface area (Å²) in [5.74, 6) is 1.63. The maximum Gasteiger partial charge on any atom is -0.00368 e. The molecule has 0 heterocycles. The van der Waals surface area contributed by atoms with E-state index in [1.807, 2.05) is 0 Å². The first-order valence-corrected chi connectivity index (χ1v) is 12.0. The van der Waals surface area contributed by atoms with Gasteiger partial charge in [-0.3, -0.25) is 0 Å². The van der Waals surface area contributed by atoms with E-state index in [1.54, 1.807) is 0 Å². The van der Waals surface area contributed by atoms with Crippen molar-refractivity contribution < 1.29 is 0 Å². The highest BCUT2D eigenvalue weighted by molar-refractivity contribution is 4.56. The Morgan fingerprint density at radius 1 is 0.370 bits per heavy atom. The van der Waals surface area contributed by atoms with E-state index in [1.165, 1.54) is 84.0 Å². The summed E-state index contributed by atoms with van der Waals surface area (Å²) in [6.07, 6.45) is 11.9. The van der Waals surface area contributed by atoms with Gasteiger partial charge in [-0.05, 0) is 103 Å². The molecule has 0 aromatic heterocycles. The molecule has 27 heavy (non-hydrogen) atoms. The lowest BCUT2D eigenvalue weighted by molar-refractivity contribution is 0.512. The first kappa shape index (κ1) is 26.8. The number of nitrogens with one attached hydrogen (secondary N) is 4. The number of hydrogen-bond acceptors (Lipinski definition) is 4. The van der Waals surface area contributed by atoms with E-state index in [-0.39, 0.29) is 0 Å². The van der Waals surface area contributed by atoms with Crippen LogP contribution in [0.25, 0.3) is 0 Å². The van der Waals surface area contributed by atoms with E-state index in [0.29, 0.717) is 0 Å². The second kappa shape index (κ2) is 22.1. The molecule has 0 unspecified atom stereocenters. The summed E-state index contributed by atoms with van der Waals surface area (Å²) in [7, 11) is 0. The van der Waals surface area contributed by atoms with Crippen LogP contribution in [0.1, 0.15) is 85.5 Å². The van der Waals surface area contributed by atoms with Gasteiger partial charge in [0.2, 0.25) is 0 Å². The number of unbranched alkanes of at least 4 members (excludes halogenated alkanes) is 4. The Kier molecular flexibility index (Phi) is 22.0. The van der Waals surface area contributed by atoms with Crippen molar-refractivity contribution in [3.05, 3.63) is 0 Å². The molecule has 4 heteroatoms. The predicted octanol–water partition coefficient (Wildman–Crippen LogP) is 4.17. The van der Waals surface area contributed by atoms with Crippen LogP contribution in [0.2, 0.25) is 0 Å². The summed E-state index contributed by atoms with van der Waals surface area (Å²) in [4.78, 5) is 0.